The smallest absolute Gasteiger partial charge is 0.0530 e. The van der Waals surface area contributed by atoms with Crippen LogP contribution in [0.15, 0.2) is 0 Å². The summed E-state index contributed by atoms with van der Waals surface area (Å²) in [6.45, 7) is 11.1. The Bertz CT molecular complexity index is 236. The Kier molecular flexibility index (Phi) is 6.82. The van der Waals surface area contributed by atoms with E-state index in [2.05, 4.69) is 33.0 Å². The molecule has 2 heteroatoms. The molecule has 0 aliphatic heterocycles. The Morgan fingerprint density at radius 2 is 1.84 bits per heavy atom. The predicted molar refractivity (Wildman–Crippen MR) is 83.5 cm³/mol. The highest BCUT2D eigenvalue weighted by atomic mass is 16.5. The van der Waals surface area contributed by atoms with Crippen LogP contribution in [0.1, 0.15) is 72.6 Å². The zero-order valence-corrected chi connectivity index (χ0v) is 13.8. The Morgan fingerprint density at radius 1 is 1.21 bits per heavy atom. The van der Waals surface area contributed by atoms with Crippen LogP contribution in [0.25, 0.3) is 0 Å². The fraction of sp³-hybridized carbons (Fsp3) is 1.00. The Hall–Kier alpha value is -0.0800. The van der Waals surface area contributed by atoms with Crippen LogP contribution in [0.4, 0.5) is 0 Å². The summed E-state index contributed by atoms with van der Waals surface area (Å²) in [5, 5.41) is 3.70. The fourth-order valence-corrected chi connectivity index (χ4v) is 3.20. The maximum atomic E-state index is 5.53. The van der Waals surface area contributed by atoms with Gasteiger partial charge in [0.2, 0.25) is 0 Å². The van der Waals surface area contributed by atoms with E-state index in [-0.39, 0.29) is 5.54 Å². The van der Waals surface area contributed by atoms with Crippen LogP contribution >= 0.6 is 0 Å². The van der Waals surface area contributed by atoms with Gasteiger partial charge in [-0.2, -0.15) is 0 Å². The molecular weight excluding hydrogens is 234 g/mol. The van der Waals surface area contributed by atoms with Crippen LogP contribution in [0.2, 0.25) is 0 Å². The molecule has 1 aliphatic rings. The SMILES string of the molecule is CCCCC1CCC(CNC(C)(C)C)(COC)CC1. The molecule has 2 nitrogen and oxygen atoms in total. The number of hydrogen-bond donors (Lipinski definition) is 1. The molecule has 0 radical (unpaired) electrons. The third-order valence-corrected chi connectivity index (χ3v) is 4.58. The molecule has 0 bridgehead atoms. The molecule has 1 N–H and O–H groups in total. The van der Waals surface area contributed by atoms with Gasteiger partial charge in [0.25, 0.3) is 0 Å². The lowest BCUT2D eigenvalue weighted by atomic mass is 9.69. The first-order valence-electron chi connectivity index (χ1n) is 8.15. The van der Waals surface area contributed by atoms with Crippen LogP contribution in [-0.4, -0.2) is 25.8 Å². The van der Waals surface area contributed by atoms with Gasteiger partial charge in [0.05, 0.1) is 6.61 Å². The summed E-state index contributed by atoms with van der Waals surface area (Å²) in [6, 6.07) is 0. The second-order valence-electron chi connectivity index (χ2n) is 7.62. The molecule has 1 rings (SSSR count). The van der Waals surface area contributed by atoms with Gasteiger partial charge in [-0.25, -0.2) is 0 Å². The minimum absolute atomic E-state index is 0.208. The van der Waals surface area contributed by atoms with Gasteiger partial charge >= 0.3 is 0 Å². The summed E-state index contributed by atoms with van der Waals surface area (Å²) in [5.74, 6) is 0.972. The molecule has 0 aromatic rings. The van der Waals surface area contributed by atoms with Crippen molar-refractivity contribution in [1.29, 1.82) is 0 Å². The molecule has 0 spiro atoms. The Balaban J connectivity index is 2.46. The third kappa shape index (κ3) is 6.27. The third-order valence-electron chi connectivity index (χ3n) is 4.58. The molecule has 1 aliphatic carbocycles. The minimum atomic E-state index is 0.208. The molecule has 0 heterocycles. The highest BCUT2D eigenvalue weighted by Crippen LogP contribution is 2.40. The van der Waals surface area contributed by atoms with Crippen molar-refractivity contribution in [1.82, 2.24) is 5.32 Å². The molecule has 0 aromatic carbocycles. The van der Waals surface area contributed by atoms with Crippen LogP contribution in [0, 0.1) is 11.3 Å². The number of rotatable bonds is 7. The van der Waals surface area contributed by atoms with Crippen molar-refractivity contribution >= 4 is 0 Å². The van der Waals surface area contributed by atoms with Gasteiger partial charge in [0.1, 0.15) is 0 Å². The number of ether oxygens (including phenoxy) is 1. The van der Waals surface area contributed by atoms with Crippen LogP contribution in [-0.2, 0) is 4.74 Å². The molecule has 1 saturated carbocycles. The van der Waals surface area contributed by atoms with Gasteiger partial charge in [0.15, 0.2) is 0 Å². The lowest BCUT2D eigenvalue weighted by molar-refractivity contribution is 0.0299. The van der Waals surface area contributed by atoms with Gasteiger partial charge in [-0.05, 0) is 52.4 Å². The molecule has 0 atom stereocenters. The molecule has 0 unspecified atom stereocenters. The van der Waals surface area contributed by atoms with E-state index in [0.717, 1.165) is 19.1 Å². The van der Waals surface area contributed by atoms with E-state index in [9.17, 15) is 0 Å². The van der Waals surface area contributed by atoms with Crippen molar-refractivity contribution in [2.24, 2.45) is 11.3 Å². The van der Waals surface area contributed by atoms with E-state index >= 15 is 0 Å². The van der Waals surface area contributed by atoms with Gasteiger partial charge in [-0.3, -0.25) is 0 Å². The lowest BCUT2D eigenvalue weighted by Gasteiger charge is -2.41. The monoisotopic (exact) mass is 269 g/mol. The fourth-order valence-electron chi connectivity index (χ4n) is 3.20. The van der Waals surface area contributed by atoms with Crippen LogP contribution < -0.4 is 5.32 Å². The average molecular weight is 269 g/mol. The average Bonchev–Trinajstić information content (AvgIpc) is 2.36. The van der Waals surface area contributed by atoms with E-state index < -0.39 is 0 Å². The van der Waals surface area contributed by atoms with Crippen LogP contribution in [0.5, 0.6) is 0 Å². The van der Waals surface area contributed by atoms with Gasteiger partial charge < -0.3 is 10.1 Å². The van der Waals surface area contributed by atoms with Gasteiger partial charge in [0, 0.05) is 24.6 Å². The maximum absolute atomic E-state index is 5.53. The first kappa shape index (κ1) is 17.0. The summed E-state index contributed by atoms with van der Waals surface area (Å²) in [7, 11) is 1.85. The summed E-state index contributed by atoms with van der Waals surface area (Å²) in [6.07, 6.45) is 9.64. The summed E-state index contributed by atoms with van der Waals surface area (Å²) in [4.78, 5) is 0. The molecule has 1 fully saturated rings. The topological polar surface area (TPSA) is 21.3 Å². The Morgan fingerprint density at radius 3 is 2.32 bits per heavy atom. The van der Waals surface area contributed by atoms with Crippen molar-refractivity contribution in [3.8, 4) is 0 Å². The van der Waals surface area contributed by atoms with E-state index in [1.165, 1.54) is 44.9 Å². The number of hydrogen-bond acceptors (Lipinski definition) is 2. The van der Waals surface area contributed by atoms with E-state index in [1.54, 1.807) is 0 Å². The molecule has 0 saturated heterocycles. The highest BCUT2D eigenvalue weighted by Gasteiger charge is 2.35. The standard InChI is InChI=1S/C17H35NO/c1-6-7-8-15-9-11-17(12-10-15,14-19-5)13-18-16(2,3)4/h15,18H,6-14H2,1-5H3. The van der Waals surface area contributed by atoms with Gasteiger partial charge in [-0.1, -0.05) is 26.2 Å². The maximum Gasteiger partial charge on any atom is 0.0530 e. The second-order valence-corrected chi connectivity index (χ2v) is 7.62. The first-order valence-corrected chi connectivity index (χ1v) is 8.15. The van der Waals surface area contributed by atoms with Crippen molar-refractivity contribution in [3.05, 3.63) is 0 Å². The molecule has 0 aromatic heterocycles. The normalized spacial score (nSPS) is 28.6. The highest BCUT2D eigenvalue weighted by molar-refractivity contribution is 4.89. The van der Waals surface area contributed by atoms with Crippen LogP contribution in [0.3, 0.4) is 0 Å². The van der Waals surface area contributed by atoms with E-state index in [1.807, 2.05) is 7.11 Å². The molecule has 19 heavy (non-hydrogen) atoms. The summed E-state index contributed by atoms with van der Waals surface area (Å²) >= 11 is 0. The summed E-state index contributed by atoms with van der Waals surface area (Å²) in [5.41, 5.74) is 0.588. The van der Waals surface area contributed by atoms with Crippen molar-refractivity contribution in [2.45, 2.75) is 78.2 Å². The number of methoxy groups -OCH3 is 1. The lowest BCUT2D eigenvalue weighted by Crippen LogP contribution is -2.47. The second kappa shape index (κ2) is 7.64. The largest absolute Gasteiger partial charge is 0.384 e. The van der Waals surface area contributed by atoms with E-state index in [4.69, 9.17) is 4.74 Å². The minimum Gasteiger partial charge on any atom is -0.384 e. The quantitative estimate of drug-likeness (QED) is 0.740. The first-order chi connectivity index (χ1) is 8.91. The number of unbranched alkanes of at least 4 members (excludes halogenated alkanes) is 1. The van der Waals surface area contributed by atoms with Gasteiger partial charge in [-0.15, -0.1) is 0 Å². The van der Waals surface area contributed by atoms with Crippen molar-refractivity contribution in [2.75, 3.05) is 20.3 Å². The van der Waals surface area contributed by atoms with Crippen molar-refractivity contribution < 1.29 is 4.74 Å². The zero-order valence-electron chi connectivity index (χ0n) is 13.8. The number of nitrogens with one attached hydrogen (secondary N) is 1. The molecular formula is C17H35NO. The van der Waals surface area contributed by atoms with E-state index in [0.29, 0.717) is 5.41 Å². The zero-order chi connectivity index (χ0) is 14.4. The Labute approximate surface area is 120 Å². The summed E-state index contributed by atoms with van der Waals surface area (Å²) < 4.78 is 5.53. The molecule has 0 amide bonds. The molecule has 114 valence electrons. The predicted octanol–water partition coefficient (Wildman–Crippen LogP) is 4.39. The van der Waals surface area contributed by atoms with Crippen molar-refractivity contribution in [3.63, 3.8) is 0 Å².